The van der Waals surface area contributed by atoms with Crippen LogP contribution in [0.1, 0.15) is 0 Å². The lowest BCUT2D eigenvalue weighted by Gasteiger charge is -2.11. The summed E-state index contributed by atoms with van der Waals surface area (Å²) in [6, 6.07) is 9.98. The third-order valence-electron chi connectivity index (χ3n) is 2.93. The number of rotatable bonds is 2. The molecule has 1 aliphatic rings. The molecule has 0 saturated carbocycles. The Bertz CT molecular complexity index is 769. The standard InChI is InChI=1S/C9H7FN2O2.C7H4FNO/c10-6-1-3-7(4-2-6)12-8(13)5-11-9(12)14;8-6-1-3-7(4-2-6)9-5-10/h1-4H,5H2,(H,11,14);1-4H. The first-order chi connectivity index (χ1) is 11.5. The summed E-state index contributed by atoms with van der Waals surface area (Å²) in [4.78, 5) is 36.3. The second kappa shape index (κ2) is 7.75. The van der Waals surface area contributed by atoms with Crippen molar-refractivity contribution in [3.05, 3.63) is 60.2 Å². The van der Waals surface area contributed by atoms with Crippen LogP contribution in [0, 0.1) is 11.6 Å². The molecule has 0 radical (unpaired) electrons. The average molecular weight is 331 g/mol. The topological polar surface area (TPSA) is 78.8 Å². The summed E-state index contributed by atoms with van der Waals surface area (Å²) in [6.07, 6.45) is 1.36. The SMILES string of the molecule is O=C1CNC(=O)N1c1ccc(F)cc1.O=C=Nc1ccc(F)cc1. The molecule has 1 aliphatic heterocycles. The maximum atomic E-state index is 12.6. The quantitative estimate of drug-likeness (QED) is 0.522. The van der Waals surface area contributed by atoms with Gasteiger partial charge in [-0.25, -0.2) is 23.3 Å². The molecule has 0 aromatic heterocycles. The second-order valence-electron chi connectivity index (χ2n) is 4.54. The van der Waals surface area contributed by atoms with Crippen molar-refractivity contribution in [3.63, 3.8) is 0 Å². The number of anilines is 1. The number of carbonyl (C=O) groups excluding carboxylic acids is 3. The Morgan fingerprint density at radius 3 is 1.96 bits per heavy atom. The van der Waals surface area contributed by atoms with E-state index in [-0.39, 0.29) is 18.3 Å². The van der Waals surface area contributed by atoms with E-state index in [4.69, 9.17) is 0 Å². The number of amides is 3. The van der Waals surface area contributed by atoms with Gasteiger partial charge in [0.05, 0.1) is 17.9 Å². The summed E-state index contributed by atoms with van der Waals surface area (Å²) < 4.78 is 24.8. The van der Waals surface area contributed by atoms with Crippen molar-refractivity contribution in [1.29, 1.82) is 0 Å². The monoisotopic (exact) mass is 331 g/mol. The van der Waals surface area contributed by atoms with Gasteiger partial charge >= 0.3 is 6.03 Å². The normalized spacial score (nSPS) is 12.8. The van der Waals surface area contributed by atoms with Gasteiger partial charge in [0.2, 0.25) is 6.08 Å². The summed E-state index contributed by atoms with van der Waals surface area (Å²) in [5, 5.41) is 2.38. The van der Waals surface area contributed by atoms with E-state index in [2.05, 4.69) is 10.3 Å². The number of hydrogen-bond donors (Lipinski definition) is 1. The summed E-state index contributed by atoms with van der Waals surface area (Å²) in [5.74, 6) is -1.08. The molecule has 0 spiro atoms. The van der Waals surface area contributed by atoms with Crippen molar-refractivity contribution in [2.45, 2.75) is 0 Å². The van der Waals surface area contributed by atoms with Crippen LogP contribution in [-0.2, 0) is 9.59 Å². The van der Waals surface area contributed by atoms with Crippen LogP contribution >= 0.6 is 0 Å². The molecule has 1 heterocycles. The van der Waals surface area contributed by atoms with Gasteiger partial charge in [0, 0.05) is 0 Å². The predicted octanol–water partition coefficient (Wildman–Crippen LogP) is 2.67. The molecule has 3 rings (SSSR count). The Morgan fingerprint density at radius 1 is 0.958 bits per heavy atom. The lowest BCUT2D eigenvalue weighted by molar-refractivity contribution is -0.115. The van der Waals surface area contributed by atoms with Crippen LogP contribution in [-0.4, -0.2) is 24.6 Å². The molecular formula is C16H11F2N3O3. The van der Waals surface area contributed by atoms with Crippen LogP contribution in [0.5, 0.6) is 0 Å². The molecule has 0 bridgehead atoms. The molecule has 1 N–H and O–H groups in total. The van der Waals surface area contributed by atoms with Crippen LogP contribution in [0.15, 0.2) is 53.5 Å². The highest BCUT2D eigenvalue weighted by molar-refractivity contribution is 6.19. The Morgan fingerprint density at radius 2 is 1.50 bits per heavy atom. The van der Waals surface area contributed by atoms with Gasteiger partial charge in [-0.1, -0.05) is 0 Å². The molecule has 122 valence electrons. The van der Waals surface area contributed by atoms with Crippen molar-refractivity contribution in [2.75, 3.05) is 11.4 Å². The minimum Gasteiger partial charge on any atom is -0.328 e. The van der Waals surface area contributed by atoms with Gasteiger partial charge in [0.25, 0.3) is 5.91 Å². The first kappa shape index (κ1) is 17.0. The van der Waals surface area contributed by atoms with E-state index in [1.54, 1.807) is 0 Å². The number of benzene rings is 2. The summed E-state index contributed by atoms with van der Waals surface area (Å²) >= 11 is 0. The van der Waals surface area contributed by atoms with Crippen molar-refractivity contribution in [3.8, 4) is 0 Å². The molecule has 1 saturated heterocycles. The van der Waals surface area contributed by atoms with Crippen LogP contribution < -0.4 is 10.2 Å². The molecule has 3 amide bonds. The smallest absolute Gasteiger partial charge is 0.328 e. The number of nitrogens with zero attached hydrogens (tertiary/aromatic N) is 2. The lowest BCUT2D eigenvalue weighted by Crippen LogP contribution is -2.30. The Labute approximate surface area is 135 Å². The maximum absolute atomic E-state index is 12.6. The first-order valence-corrected chi connectivity index (χ1v) is 6.71. The molecule has 0 unspecified atom stereocenters. The fourth-order valence-electron chi connectivity index (χ4n) is 1.84. The number of halogens is 2. The van der Waals surface area contributed by atoms with E-state index < -0.39 is 11.8 Å². The van der Waals surface area contributed by atoms with Gasteiger partial charge in [-0.3, -0.25) is 4.79 Å². The predicted molar refractivity (Wildman–Crippen MR) is 81.5 cm³/mol. The number of hydrogen-bond acceptors (Lipinski definition) is 4. The third-order valence-corrected chi connectivity index (χ3v) is 2.93. The van der Waals surface area contributed by atoms with Crippen LogP contribution in [0.4, 0.5) is 25.0 Å². The largest absolute Gasteiger partial charge is 0.329 e. The van der Waals surface area contributed by atoms with E-state index in [1.165, 1.54) is 54.6 Å². The van der Waals surface area contributed by atoms with E-state index in [0.29, 0.717) is 11.4 Å². The fraction of sp³-hybridized carbons (Fsp3) is 0.0625. The molecule has 0 aliphatic carbocycles. The van der Waals surface area contributed by atoms with Crippen molar-refractivity contribution >= 4 is 29.4 Å². The van der Waals surface area contributed by atoms with Crippen LogP contribution in [0.25, 0.3) is 0 Å². The number of nitrogens with one attached hydrogen (secondary N) is 1. The molecule has 24 heavy (non-hydrogen) atoms. The molecule has 2 aromatic carbocycles. The number of aliphatic imine (C=N–C) groups is 1. The fourth-order valence-corrected chi connectivity index (χ4v) is 1.84. The van der Waals surface area contributed by atoms with E-state index >= 15 is 0 Å². The Kier molecular flexibility index (Phi) is 5.49. The van der Waals surface area contributed by atoms with Gasteiger partial charge in [-0.15, -0.1) is 0 Å². The second-order valence-corrected chi connectivity index (χ2v) is 4.54. The van der Waals surface area contributed by atoms with Gasteiger partial charge in [0.1, 0.15) is 11.6 Å². The number of isocyanates is 1. The average Bonchev–Trinajstić information content (AvgIpc) is 2.90. The van der Waals surface area contributed by atoms with Gasteiger partial charge in [0.15, 0.2) is 0 Å². The van der Waals surface area contributed by atoms with Crippen LogP contribution in [0.3, 0.4) is 0 Å². The third kappa shape index (κ3) is 4.31. The van der Waals surface area contributed by atoms with E-state index in [9.17, 15) is 23.2 Å². The minimum absolute atomic E-state index is 0.00376. The molecule has 8 heteroatoms. The molecule has 0 atom stereocenters. The zero-order valence-corrected chi connectivity index (χ0v) is 12.2. The summed E-state index contributed by atoms with van der Waals surface area (Å²) in [5.41, 5.74) is 0.794. The van der Waals surface area contributed by atoms with E-state index in [1.807, 2.05) is 0 Å². The summed E-state index contributed by atoms with van der Waals surface area (Å²) in [6.45, 7) is -0.00376. The van der Waals surface area contributed by atoms with Gasteiger partial charge in [-0.05, 0) is 48.5 Å². The molecule has 6 nitrogen and oxygen atoms in total. The maximum Gasteiger partial charge on any atom is 0.329 e. The Hall–Kier alpha value is -3.38. The highest BCUT2D eigenvalue weighted by Gasteiger charge is 2.29. The summed E-state index contributed by atoms with van der Waals surface area (Å²) in [7, 11) is 0. The zero-order valence-electron chi connectivity index (χ0n) is 12.2. The molecular weight excluding hydrogens is 320 g/mol. The van der Waals surface area contributed by atoms with E-state index in [0.717, 1.165) is 4.90 Å². The Balaban J connectivity index is 0.000000185. The first-order valence-electron chi connectivity index (χ1n) is 6.71. The van der Waals surface area contributed by atoms with Crippen molar-refractivity contribution in [2.24, 2.45) is 4.99 Å². The highest BCUT2D eigenvalue weighted by Crippen LogP contribution is 2.17. The lowest BCUT2D eigenvalue weighted by atomic mass is 10.3. The molecule has 2 aromatic rings. The van der Waals surface area contributed by atoms with Crippen molar-refractivity contribution < 1.29 is 23.2 Å². The molecule has 1 fully saturated rings. The highest BCUT2D eigenvalue weighted by atomic mass is 19.1. The van der Waals surface area contributed by atoms with Crippen molar-refractivity contribution in [1.82, 2.24) is 5.32 Å². The van der Waals surface area contributed by atoms with Crippen LogP contribution in [0.2, 0.25) is 0 Å². The number of urea groups is 1. The minimum atomic E-state index is -0.471. The van der Waals surface area contributed by atoms with Gasteiger partial charge in [-0.2, -0.15) is 4.99 Å². The zero-order chi connectivity index (χ0) is 17.5. The van der Waals surface area contributed by atoms with Gasteiger partial charge < -0.3 is 5.32 Å². The number of imide groups is 1. The number of carbonyl (C=O) groups is 2.